The molecule has 8 nitrogen and oxygen atoms in total. The molecular formula is C33H50N4O4. The predicted octanol–water partition coefficient (Wildman–Crippen LogP) is 6.97. The van der Waals surface area contributed by atoms with Crippen molar-refractivity contribution in [3.05, 3.63) is 23.9 Å². The van der Waals surface area contributed by atoms with Crippen molar-refractivity contribution in [3.8, 4) is 11.5 Å². The topological polar surface area (TPSA) is 76.2 Å². The van der Waals surface area contributed by atoms with E-state index in [9.17, 15) is 4.79 Å². The number of fused-ring (bicyclic) bond motifs is 1. The van der Waals surface area contributed by atoms with Crippen molar-refractivity contribution >= 4 is 22.7 Å². The van der Waals surface area contributed by atoms with Crippen LogP contribution in [0, 0.1) is 0 Å². The molecule has 5 rings (SSSR count). The third-order valence-corrected chi connectivity index (χ3v) is 8.72. The number of nitrogens with one attached hydrogen (secondary N) is 1. The molecule has 3 aliphatic rings. The maximum absolute atomic E-state index is 12.6. The molecule has 0 spiro atoms. The molecule has 1 aromatic carbocycles. The molecule has 3 heterocycles. The lowest BCUT2D eigenvalue weighted by Crippen LogP contribution is -2.44. The molecule has 41 heavy (non-hydrogen) atoms. The van der Waals surface area contributed by atoms with Crippen molar-refractivity contribution in [1.82, 2.24) is 14.8 Å². The molecule has 1 aromatic heterocycles. The van der Waals surface area contributed by atoms with Gasteiger partial charge < -0.3 is 29.3 Å². The number of amides is 1. The van der Waals surface area contributed by atoms with Crippen molar-refractivity contribution in [3.63, 3.8) is 0 Å². The summed E-state index contributed by atoms with van der Waals surface area (Å²) in [6.45, 7) is 11.3. The van der Waals surface area contributed by atoms with E-state index in [1.807, 2.05) is 25.7 Å². The van der Waals surface area contributed by atoms with Crippen LogP contribution in [-0.2, 0) is 4.74 Å². The van der Waals surface area contributed by atoms with Crippen LogP contribution in [0.5, 0.6) is 11.5 Å². The summed E-state index contributed by atoms with van der Waals surface area (Å²) in [5.74, 6) is 2.01. The summed E-state index contributed by atoms with van der Waals surface area (Å²) in [5.41, 5.74) is 2.76. The Labute approximate surface area is 246 Å². The lowest BCUT2D eigenvalue weighted by atomic mass is 9.86. The second kappa shape index (κ2) is 13.5. The number of ether oxygens (including phenoxy) is 3. The van der Waals surface area contributed by atoms with Gasteiger partial charge in [0.15, 0.2) is 11.5 Å². The Morgan fingerprint density at radius 1 is 0.951 bits per heavy atom. The lowest BCUT2D eigenvalue weighted by molar-refractivity contribution is 0.0210. The minimum absolute atomic E-state index is 0.220. The highest BCUT2D eigenvalue weighted by molar-refractivity contribution is 5.94. The van der Waals surface area contributed by atoms with Gasteiger partial charge in [-0.25, -0.2) is 4.79 Å². The number of carbonyl (C=O) groups is 1. The molecule has 3 fully saturated rings. The third kappa shape index (κ3) is 7.97. The number of likely N-dealkylation sites (tertiary alicyclic amines) is 2. The monoisotopic (exact) mass is 566 g/mol. The molecule has 0 atom stereocenters. The predicted molar refractivity (Wildman–Crippen MR) is 164 cm³/mol. The van der Waals surface area contributed by atoms with Crippen LogP contribution < -0.4 is 14.8 Å². The Kier molecular flexibility index (Phi) is 9.79. The van der Waals surface area contributed by atoms with Gasteiger partial charge in [0.25, 0.3) is 0 Å². The molecule has 0 bridgehead atoms. The van der Waals surface area contributed by atoms with Gasteiger partial charge in [0.05, 0.1) is 19.2 Å². The van der Waals surface area contributed by atoms with E-state index in [0.717, 1.165) is 53.9 Å². The number of pyridine rings is 1. The second-order valence-corrected chi connectivity index (χ2v) is 13.1. The van der Waals surface area contributed by atoms with Crippen molar-refractivity contribution in [2.45, 2.75) is 103 Å². The zero-order chi connectivity index (χ0) is 28.8. The zero-order valence-electron chi connectivity index (χ0n) is 25.7. The number of nitrogens with zero attached hydrogens (tertiary/aromatic N) is 3. The largest absolute Gasteiger partial charge is 0.493 e. The molecule has 226 valence electrons. The van der Waals surface area contributed by atoms with Crippen molar-refractivity contribution in [1.29, 1.82) is 0 Å². The molecule has 1 amide bonds. The van der Waals surface area contributed by atoms with Crippen LogP contribution in [0.15, 0.2) is 18.2 Å². The van der Waals surface area contributed by atoms with Crippen molar-refractivity contribution < 1.29 is 19.0 Å². The van der Waals surface area contributed by atoms with E-state index in [1.165, 1.54) is 63.7 Å². The normalized spacial score (nSPS) is 19.5. The van der Waals surface area contributed by atoms with Gasteiger partial charge in [0, 0.05) is 54.4 Å². The third-order valence-electron chi connectivity index (χ3n) is 8.72. The zero-order valence-corrected chi connectivity index (χ0v) is 25.7. The number of anilines is 1. The molecule has 2 aromatic rings. The number of methoxy groups -OCH3 is 1. The fraction of sp³-hybridized carbons (Fsp3) is 0.697. The van der Waals surface area contributed by atoms with Crippen LogP contribution in [-0.4, -0.2) is 79.0 Å². The average Bonchev–Trinajstić information content (AvgIpc) is 3.48. The number of carbonyl (C=O) groups excluding carboxylic acids is 1. The summed E-state index contributed by atoms with van der Waals surface area (Å²) in [7, 11) is 1.71. The lowest BCUT2D eigenvalue weighted by Gasteiger charge is -2.34. The summed E-state index contributed by atoms with van der Waals surface area (Å²) in [4.78, 5) is 22.1. The highest BCUT2D eigenvalue weighted by Gasteiger charge is 2.28. The molecule has 1 aliphatic carbocycles. The number of hydrogen-bond donors (Lipinski definition) is 1. The van der Waals surface area contributed by atoms with Gasteiger partial charge in [0.2, 0.25) is 0 Å². The molecule has 2 saturated heterocycles. The summed E-state index contributed by atoms with van der Waals surface area (Å²) in [5, 5.41) is 4.90. The van der Waals surface area contributed by atoms with Crippen LogP contribution in [0.2, 0.25) is 0 Å². The van der Waals surface area contributed by atoms with Crippen LogP contribution in [0.3, 0.4) is 0 Å². The van der Waals surface area contributed by atoms with Crippen LogP contribution in [0.1, 0.15) is 96.6 Å². The van der Waals surface area contributed by atoms with E-state index in [4.69, 9.17) is 19.2 Å². The number of piperidine rings is 1. The van der Waals surface area contributed by atoms with E-state index in [2.05, 4.69) is 28.4 Å². The molecule has 8 heteroatoms. The fourth-order valence-electron chi connectivity index (χ4n) is 6.48. The van der Waals surface area contributed by atoms with Gasteiger partial charge in [-0.1, -0.05) is 19.3 Å². The summed E-state index contributed by atoms with van der Waals surface area (Å²) >= 11 is 0. The first-order chi connectivity index (χ1) is 19.8. The molecule has 2 aliphatic heterocycles. The number of benzene rings is 1. The summed E-state index contributed by atoms with van der Waals surface area (Å²) < 4.78 is 17.7. The van der Waals surface area contributed by atoms with Crippen molar-refractivity contribution in [2.24, 2.45) is 0 Å². The standard InChI is InChI=1S/C33H50N4O4/c1-33(2,3)41-32(38)37-18-13-25(14-19-37)34-28-22-27(24-11-6-5-7-12-24)35-29-23-31(30(39-4)21-26(28)29)40-20-10-17-36-15-8-9-16-36/h21-25H,5-20H2,1-4H3,(H,34,35). The maximum Gasteiger partial charge on any atom is 0.410 e. The molecule has 1 saturated carbocycles. The van der Waals surface area contributed by atoms with Gasteiger partial charge >= 0.3 is 6.09 Å². The van der Waals surface area contributed by atoms with E-state index in [-0.39, 0.29) is 12.1 Å². The summed E-state index contributed by atoms with van der Waals surface area (Å²) in [6, 6.07) is 6.70. The van der Waals surface area contributed by atoms with E-state index >= 15 is 0 Å². The second-order valence-electron chi connectivity index (χ2n) is 13.1. The first kappa shape index (κ1) is 29.7. The van der Waals surface area contributed by atoms with E-state index in [1.54, 1.807) is 7.11 Å². The number of hydrogen-bond acceptors (Lipinski definition) is 7. The molecule has 1 N–H and O–H groups in total. The van der Waals surface area contributed by atoms with Crippen LogP contribution in [0.4, 0.5) is 10.5 Å². The first-order valence-corrected chi connectivity index (χ1v) is 15.9. The Balaban J connectivity index is 1.33. The number of aromatic nitrogens is 1. The fourth-order valence-corrected chi connectivity index (χ4v) is 6.48. The smallest absolute Gasteiger partial charge is 0.410 e. The van der Waals surface area contributed by atoms with E-state index in [0.29, 0.717) is 25.6 Å². The molecular weight excluding hydrogens is 516 g/mol. The summed E-state index contributed by atoms with van der Waals surface area (Å²) in [6.07, 6.45) is 11.4. The highest BCUT2D eigenvalue weighted by Crippen LogP contribution is 2.39. The first-order valence-electron chi connectivity index (χ1n) is 15.9. The van der Waals surface area contributed by atoms with Gasteiger partial charge in [0.1, 0.15) is 5.60 Å². The highest BCUT2D eigenvalue weighted by atomic mass is 16.6. The van der Waals surface area contributed by atoms with Gasteiger partial charge in [-0.3, -0.25) is 4.98 Å². The average molecular weight is 567 g/mol. The molecule has 0 unspecified atom stereocenters. The molecule has 0 radical (unpaired) electrons. The quantitative estimate of drug-likeness (QED) is 0.329. The van der Waals surface area contributed by atoms with Gasteiger partial charge in [-0.2, -0.15) is 0 Å². The van der Waals surface area contributed by atoms with Gasteiger partial charge in [-0.15, -0.1) is 0 Å². The SMILES string of the molecule is COc1cc2c(NC3CCN(C(=O)OC(C)(C)C)CC3)cc(C3CCCCC3)nc2cc1OCCCN1CCCC1. The Morgan fingerprint density at radius 3 is 2.37 bits per heavy atom. The number of rotatable bonds is 9. The minimum Gasteiger partial charge on any atom is -0.493 e. The Bertz CT molecular complexity index is 1160. The van der Waals surface area contributed by atoms with E-state index < -0.39 is 5.60 Å². The van der Waals surface area contributed by atoms with Gasteiger partial charge in [-0.05, 0) is 90.9 Å². The van der Waals surface area contributed by atoms with Crippen LogP contribution >= 0.6 is 0 Å². The Morgan fingerprint density at radius 2 is 1.68 bits per heavy atom. The van der Waals surface area contributed by atoms with Crippen LogP contribution in [0.25, 0.3) is 10.9 Å². The minimum atomic E-state index is -0.479. The Hall–Kier alpha value is -2.74. The van der Waals surface area contributed by atoms with Crippen molar-refractivity contribution in [2.75, 3.05) is 51.8 Å². The maximum atomic E-state index is 12.6.